The second-order valence-electron chi connectivity index (χ2n) is 6.34. The Bertz CT molecular complexity index is 155. The average Bonchev–Trinajstić information content (AvgIpc) is 2.50. The lowest BCUT2D eigenvalue weighted by molar-refractivity contribution is 0.334. The molecule has 0 N–H and O–H groups in total. The third-order valence-electron chi connectivity index (χ3n) is 4.04. The predicted octanol–water partition coefficient (Wildman–Crippen LogP) is 6.93. The van der Waals surface area contributed by atoms with Crippen LogP contribution in [0.1, 0.15) is 110 Å². The molecule has 0 aliphatic rings. The van der Waals surface area contributed by atoms with Crippen LogP contribution in [-0.2, 0) is 4.43 Å². The van der Waals surface area contributed by atoms with E-state index in [1.165, 1.54) is 95.9 Å². The van der Waals surface area contributed by atoms with Gasteiger partial charge in [-0.2, -0.15) is 0 Å². The minimum atomic E-state index is 0.750. The quantitative estimate of drug-likeness (QED) is 0.197. The van der Waals surface area contributed by atoms with Crippen LogP contribution in [0, 0.1) is 0 Å². The van der Waals surface area contributed by atoms with E-state index in [1.807, 2.05) is 0 Å². The molecule has 0 unspecified atom stereocenters. The van der Waals surface area contributed by atoms with E-state index in [-0.39, 0.29) is 0 Å². The summed E-state index contributed by atoms with van der Waals surface area (Å²) in [4.78, 5) is 0. The van der Waals surface area contributed by atoms with Crippen molar-refractivity contribution in [2.24, 2.45) is 0 Å². The van der Waals surface area contributed by atoms with Gasteiger partial charge in [0, 0.05) is 6.61 Å². The SMILES string of the molecule is CCCCCCCCCCCCCCCC[Si]OCCC. The molecule has 0 atom stereocenters. The summed E-state index contributed by atoms with van der Waals surface area (Å²) in [5.74, 6) is 0. The van der Waals surface area contributed by atoms with Crippen molar-refractivity contribution in [1.29, 1.82) is 0 Å². The van der Waals surface area contributed by atoms with E-state index < -0.39 is 0 Å². The zero-order valence-electron chi connectivity index (χ0n) is 14.9. The summed E-state index contributed by atoms with van der Waals surface area (Å²) in [5, 5.41) is 0. The standard InChI is InChI=1S/C19H40OSi/c1-3-5-6-7-8-9-10-11-12-13-14-15-16-17-19-21-20-18-4-2/h3-19H2,1-2H3. The van der Waals surface area contributed by atoms with Gasteiger partial charge < -0.3 is 4.43 Å². The van der Waals surface area contributed by atoms with Crippen LogP contribution in [-0.4, -0.2) is 16.4 Å². The van der Waals surface area contributed by atoms with Gasteiger partial charge in [0.15, 0.2) is 0 Å². The summed E-state index contributed by atoms with van der Waals surface area (Å²) >= 11 is 0. The smallest absolute Gasteiger partial charge is 0.229 e. The highest BCUT2D eigenvalue weighted by molar-refractivity contribution is 6.26. The van der Waals surface area contributed by atoms with Gasteiger partial charge in [-0.25, -0.2) is 0 Å². The van der Waals surface area contributed by atoms with E-state index in [9.17, 15) is 0 Å². The molecule has 21 heavy (non-hydrogen) atoms. The fourth-order valence-corrected chi connectivity index (χ4v) is 3.53. The molecule has 0 rings (SSSR count). The molecule has 0 fully saturated rings. The molecule has 0 aromatic carbocycles. The normalized spacial score (nSPS) is 11.1. The largest absolute Gasteiger partial charge is 0.417 e. The predicted molar refractivity (Wildman–Crippen MR) is 97.1 cm³/mol. The summed E-state index contributed by atoms with van der Waals surface area (Å²) in [6, 6.07) is 1.29. The van der Waals surface area contributed by atoms with Gasteiger partial charge in [0.2, 0.25) is 9.76 Å². The Balaban J connectivity index is 2.90. The van der Waals surface area contributed by atoms with E-state index in [0.29, 0.717) is 0 Å². The van der Waals surface area contributed by atoms with Crippen molar-refractivity contribution in [1.82, 2.24) is 0 Å². The zero-order chi connectivity index (χ0) is 15.4. The summed E-state index contributed by atoms with van der Waals surface area (Å²) in [5.41, 5.74) is 0. The Labute approximate surface area is 137 Å². The summed E-state index contributed by atoms with van der Waals surface area (Å²) < 4.78 is 5.52. The molecule has 0 amide bonds. The maximum absolute atomic E-state index is 5.52. The van der Waals surface area contributed by atoms with Crippen molar-refractivity contribution in [3.8, 4) is 0 Å². The molecule has 2 radical (unpaired) electrons. The first-order valence-electron chi connectivity index (χ1n) is 9.76. The minimum Gasteiger partial charge on any atom is -0.417 e. The molecule has 0 aromatic rings. The lowest BCUT2D eigenvalue weighted by Gasteiger charge is -2.03. The molecule has 126 valence electrons. The number of unbranched alkanes of at least 4 members (excludes halogenated alkanes) is 13. The lowest BCUT2D eigenvalue weighted by Crippen LogP contribution is -1.98. The molecule has 2 heteroatoms. The van der Waals surface area contributed by atoms with Gasteiger partial charge in [0.1, 0.15) is 0 Å². The van der Waals surface area contributed by atoms with Crippen molar-refractivity contribution >= 4 is 9.76 Å². The van der Waals surface area contributed by atoms with Gasteiger partial charge in [-0.05, 0) is 12.5 Å². The van der Waals surface area contributed by atoms with Gasteiger partial charge >= 0.3 is 0 Å². The summed E-state index contributed by atoms with van der Waals surface area (Å²) in [6.07, 6.45) is 21.4. The van der Waals surface area contributed by atoms with Crippen LogP contribution in [0.25, 0.3) is 0 Å². The Kier molecular flexibility index (Phi) is 20.3. The number of hydrogen-bond acceptors (Lipinski definition) is 1. The van der Waals surface area contributed by atoms with E-state index >= 15 is 0 Å². The molecular formula is C19H40OSi. The topological polar surface area (TPSA) is 9.23 Å². The average molecular weight is 313 g/mol. The van der Waals surface area contributed by atoms with E-state index in [4.69, 9.17) is 4.43 Å². The fourth-order valence-electron chi connectivity index (χ4n) is 2.64. The molecule has 0 saturated heterocycles. The van der Waals surface area contributed by atoms with Crippen molar-refractivity contribution < 1.29 is 4.43 Å². The van der Waals surface area contributed by atoms with Crippen molar-refractivity contribution in [2.75, 3.05) is 6.61 Å². The Morgan fingerprint density at radius 2 is 0.952 bits per heavy atom. The highest BCUT2D eigenvalue weighted by Gasteiger charge is 1.95. The Morgan fingerprint density at radius 1 is 0.524 bits per heavy atom. The van der Waals surface area contributed by atoms with Gasteiger partial charge in [0.25, 0.3) is 0 Å². The van der Waals surface area contributed by atoms with Crippen LogP contribution < -0.4 is 0 Å². The van der Waals surface area contributed by atoms with Crippen molar-refractivity contribution in [2.45, 2.75) is 116 Å². The third kappa shape index (κ3) is 20.2. The van der Waals surface area contributed by atoms with Crippen LogP contribution in [0.4, 0.5) is 0 Å². The van der Waals surface area contributed by atoms with Gasteiger partial charge in [-0.3, -0.25) is 0 Å². The first-order chi connectivity index (χ1) is 10.4. The molecule has 0 bridgehead atoms. The van der Waals surface area contributed by atoms with Crippen LogP contribution in [0.2, 0.25) is 6.04 Å². The highest BCUT2D eigenvalue weighted by atomic mass is 28.2. The minimum absolute atomic E-state index is 0.750. The molecule has 0 spiro atoms. The third-order valence-corrected chi connectivity index (χ3v) is 5.01. The maximum atomic E-state index is 5.52. The highest BCUT2D eigenvalue weighted by Crippen LogP contribution is 2.13. The Hall–Kier alpha value is 0.177. The zero-order valence-corrected chi connectivity index (χ0v) is 15.9. The first kappa shape index (κ1) is 21.2. The van der Waals surface area contributed by atoms with Gasteiger partial charge in [0.05, 0.1) is 0 Å². The van der Waals surface area contributed by atoms with Gasteiger partial charge in [-0.1, -0.05) is 104 Å². The summed E-state index contributed by atoms with van der Waals surface area (Å²) in [7, 11) is 0.750. The van der Waals surface area contributed by atoms with Crippen LogP contribution in [0.3, 0.4) is 0 Å². The van der Waals surface area contributed by atoms with E-state index in [0.717, 1.165) is 22.8 Å². The molecular weight excluding hydrogens is 272 g/mol. The first-order valence-corrected chi connectivity index (χ1v) is 10.9. The fraction of sp³-hybridized carbons (Fsp3) is 1.00. The second-order valence-corrected chi connectivity index (χ2v) is 7.42. The molecule has 1 nitrogen and oxygen atoms in total. The van der Waals surface area contributed by atoms with Crippen LogP contribution in [0.15, 0.2) is 0 Å². The van der Waals surface area contributed by atoms with E-state index in [1.54, 1.807) is 0 Å². The molecule has 0 aliphatic heterocycles. The number of hydrogen-bond donors (Lipinski definition) is 0. The molecule has 0 aliphatic carbocycles. The van der Waals surface area contributed by atoms with Crippen LogP contribution in [0.5, 0.6) is 0 Å². The molecule has 0 heterocycles. The van der Waals surface area contributed by atoms with Crippen molar-refractivity contribution in [3.63, 3.8) is 0 Å². The molecule has 0 aromatic heterocycles. The Morgan fingerprint density at radius 3 is 1.38 bits per heavy atom. The number of rotatable bonds is 18. The van der Waals surface area contributed by atoms with Gasteiger partial charge in [-0.15, -0.1) is 0 Å². The van der Waals surface area contributed by atoms with E-state index in [2.05, 4.69) is 13.8 Å². The maximum Gasteiger partial charge on any atom is 0.229 e. The second kappa shape index (κ2) is 20.2. The monoisotopic (exact) mass is 312 g/mol. The lowest BCUT2D eigenvalue weighted by atomic mass is 10.0. The van der Waals surface area contributed by atoms with Crippen LogP contribution >= 0.6 is 0 Å². The summed E-state index contributed by atoms with van der Waals surface area (Å²) in [6.45, 7) is 5.43. The molecule has 0 saturated carbocycles. The van der Waals surface area contributed by atoms with Crippen molar-refractivity contribution in [3.05, 3.63) is 0 Å².